The number of hydrogen-bond donors (Lipinski definition) is 2. The zero-order valence-corrected chi connectivity index (χ0v) is 10.2. The van der Waals surface area contributed by atoms with Crippen LogP contribution in [0, 0.1) is 6.92 Å². The van der Waals surface area contributed by atoms with Crippen LogP contribution in [0.3, 0.4) is 0 Å². The van der Waals surface area contributed by atoms with E-state index in [4.69, 9.17) is 5.73 Å². The number of nitrogens with two attached hydrogens (primary N) is 1. The van der Waals surface area contributed by atoms with Crippen LogP contribution in [0.15, 0.2) is 6.07 Å². The molecule has 1 heterocycles. The van der Waals surface area contributed by atoms with Crippen molar-refractivity contribution in [2.75, 3.05) is 6.54 Å². The van der Waals surface area contributed by atoms with Crippen molar-refractivity contribution in [1.82, 2.24) is 15.1 Å². The Morgan fingerprint density at radius 2 is 2.38 bits per heavy atom. The molecular formula is C11H20N4O. The topological polar surface area (TPSA) is 72.9 Å². The second kappa shape index (κ2) is 5.65. The Kier molecular flexibility index (Phi) is 4.49. The highest BCUT2D eigenvalue weighted by Gasteiger charge is 2.15. The van der Waals surface area contributed by atoms with Crippen molar-refractivity contribution < 1.29 is 4.79 Å². The molecule has 3 N–H and O–H groups in total. The lowest BCUT2D eigenvalue weighted by Gasteiger charge is -2.15. The SMILES string of the molecule is CCC(CCN)NC(=O)c1cc(C)nn1C. The number of aryl methyl sites for hydroxylation is 2. The summed E-state index contributed by atoms with van der Waals surface area (Å²) in [5.74, 6) is -0.0802. The van der Waals surface area contributed by atoms with Gasteiger partial charge in [0.15, 0.2) is 0 Å². The normalized spacial score (nSPS) is 12.5. The Hall–Kier alpha value is -1.36. The molecule has 0 saturated carbocycles. The zero-order chi connectivity index (χ0) is 12.1. The number of amides is 1. The fourth-order valence-electron chi connectivity index (χ4n) is 1.66. The Morgan fingerprint density at radius 3 is 2.81 bits per heavy atom. The molecule has 16 heavy (non-hydrogen) atoms. The van der Waals surface area contributed by atoms with Crippen LogP contribution < -0.4 is 11.1 Å². The molecule has 1 rings (SSSR count). The summed E-state index contributed by atoms with van der Waals surface area (Å²) in [5, 5.41) is 7.10. The molecule has 0 bridgehead atoms. The molecule has 0 spiro atoms. The number of hydrogen-bond acceptors (Lipinski definition) is 3. The van der Waals surface area contributed by atoms with Crippen LogP contribution in [0.2, 0.25) is 0 Å². The monoisotopic (exact) mass is 224 g/mol. The van der Waals surface area contributed by atoms with Gasteiger partial charge in [-0.2, -0.15) is 5.10 Å². The van der Waals surface area contributed by atoms with E-state index in [2.05, 4.69) is 10.4 Å². The summed E-state index contributed by atoms with van der Waals surface area (Å²) in [4.78, 5) is 11.9. The van der Waals surface area contributed by atoms with Gasteiger partial charge in [-0.1, -0.05) is 6.92 Å². The van der Waals surface area contributed by atoms with Gasteiger partial charge < -0.3 is 11.1 Å². The van der Waals surface area contributed by atoms with Gasteiger partial charge in [0, 0.05) is 13.1 Å². The van der Waals surface area contributed by atoms with Gasteiger partial charge in [-0.05, 0) is 32.4 Å². The molecule has 0 aliphatic heterocycles. The summed E-state index contributed by atoms with van der Waals surface area (Å²) in [7, 11) is 1.77. The summed E-state index contributed by atoms with van der Waals surface area (Å²) in [6.45, 7) is 4.49. The smallest absolute Gasteiger partial charge is 0.269 e. The van der Waals surface area contributed by atoms with E-state index in [0.717, 1.165) is 18.5 Å². The maximum Gasteiger partial charge on any atom is 0.269 e. The second-order valence-electron chi connectivity index (χ2n) is 3.95. The molecule has 1 aromatic rings. The van der Waals surface area contributed by atoms with Crippen LogP contribution in [-0.4, -0.2) is 28.3 Å². The van der Waals surface area contributed by atoms with Crippen molar-refractivity contribution in [3.8, 4) is 0 Å². The van der Waals surface area contributed by atoms with E-state index in [9.17, 15) is 4.79 Å². The first kappa shape index (κ1) is 12.7. The summed E-state index contributed by atoms with van der Waals surface area (Å²) >= 11 is 0. The summed E-state index contributed by atoms with van der Waals surface area (Å²) in [6.07, 6.45) is 1.69. The molecule has 5 nitrogen and oxygen atoms in total. The molecule has 0 saturated heterocycles. The fraction of sp³-hybridized carbons (Fsp3) is 0.636. The van der Waals surface area contributed by atoms with Crippen molar-refractivity contribution in [3.05, 3.63) is 17.5 Å². The van der Waals surface area contributed by atoms with Crippen molar-refractivity contribution in [1.29, 1.82) is 0 Å². The summed E-state index contributed by atoms with van der Waals surface area (Å²) in [5.41, 5.74) is 6.92. The Labute approximate surface area is 96.0 Å². The maximum atomic E-state index is 11.9. The van der Waals surface area contributed by atoms with E-state index >= 15 is 0 Å². The minimum atomic E-state index is -0.0802. The summed E-state index contributed by atoms with van der Waals surface area (Å²) < 4.78 is 1.60. The lowest BCUT2D eigenvalue weighted by molar-refractivity contribution is 0.0925. The van der Waals surface area contributed by atoms with Crippen molar-refractivity contribution >= 4 is 5.91 Å². The van der Waals surface area contributed by atoms with Gasteiger partial charge in [-0.25, -0.2) is 0 Å². The van der Waals surface area contributed by atoms with Gasteiger partial charge in [-0.15, -0.1) is 0 Å². The van der Waals surface area contributed by atoms with E-state index < -0.39 is 0 Å². The molecule has 1 amide bonds. The Balaban J connectivity index is 2.67. The van der Waals surface area contributed by atoms with Crippen LogP contribution in [-0.2, 0) is 7.05 Å². The molecule has 0 aliphatic rings. The van der Waals surface area contributed by atoms with Gasteiger partial charge in [0.25, 0.3) is 5.91 Å². The van der Waals surface area contributed by atoms with Crippen LogP contribution in [0.25, 0.3) is 0 Å². The maximum absolute atomic E-state index is 11.9. The van der Waals surface area contributed by atoms with E-state index in [1.165, 1.54) is 0 Å². The van der Waals surface area contributed by atoms with Gasteiger partial charge in [-0.3, -0.25) is 9.48 Å². The van der Waals surface area contributed by atoms with E-state index in [-0.39, 0.29) is 11.9 Å². The Bertz CT molecular complexity index is 359. The van der Waals surface area contributed by atoms with E-state index in [1.807, 2.05) is 13.8 Å². The standard InChI is InChI=1S/C11H20N4O/c1-4-9(5-6-12)13-11(16)10-7-8(2)14-15(10)3/h7,9H,4-6,12H2,1-3H3,(H,13,16). The lowest BCUT2D eigenvalue weighted by Crippen LogP contribution is -2.36. The minimum Gasteiger partial charge on any atom is -0.348 e. The highest BCUT2D eigenvalue weighted by Crippen LogP contribution is 2.04. The third-order valence-electron chi connectivity index (χ3n) is 2.58. The van der Waals surface area contributed by atoms with Crippen LogP contribution in [0.5, 0.6) is 0 Å². The number of carbonyl (C=O) groups excluding carboxylic acids is 1. The quantitative estimate of drug-likeness (QED) is 0.768. The molecule has 0 radical (unpaired) electrons. The lowest BCUT2D eigenvalue weighted by atomic mass is 10.1. The second-order valence-corrected chi connectivity index (χ2v) is 3.95. The summed E-state index contributed by atoms with van der Waals surface area (Å²) in [6, 6.07) is 1.93. The number of nitrogens with zero attached hydrogens (tertiary/aromatic N) is 2. The predicted octanol–water partition coefficient (Wildman–Crippen LogP) is 0.586. The molecule has 1 aromatic heterocycles. The average Bonchev–Trinajstić information content (AvgIpc) is 2.57. The van der Waals surface area contributed by atoms with Crippen molar-refractivity contribution in [2.24, 2.45) is 12.8 Å². The minimum absolute atomic E-state index is 0.0802. The van der Waals surface area contributed by atoms with Crippen LogP contribution in [0.4, 0.5) is 0 Å². The first-order valence-corrected chi connectivity index (χ1v) is 5.60. The zero-order valence-electron chi connectivity index (χ0n) is 10.2. The van der Waals surface area contributed by atoms with Gasteiger partial charge in [0.05, 0.1) is 5.69 Å². The molecule has 0 fully saturated rings. The molecule has 5 heteroatoms. The van der Waals surface area contributed by atoms with Crippen LogP contribution in [0.1, 0.15) is 35.9 Å². The van der Waals surface area contributed by atoms with Gasteiger partial charge in [0.2, 0.25) is 0 Å². The van der Waals surface area contributed by atoms with Gasteiger partial charge >= 0.3 is 0 Å². The molecular weight excluding hydrogens is 204 g/mol. The number of carbonyl (C=O) groups is 1. The third-order valence-corrected chi connectivity index (χ3v) is 2.58. The molecule has 1 atom stereocenters. The first-order chi connectivity index (χ1) is 7.58. The highest BCUT2D eigenvalue weighted by atomic mass is 16.2. The van der Waals surface area contributed by atoms with Crippen LogP contribution >= 0.6 is 0 Å². The number of nitrogens with one attached hydrogen (secondary N) is 1. The molecule has 0 aliphatic carbocycles. The van der Waals surface area contributed by atoms with E-state index in [1.54, 1.807) is 17.8 Å². The number of aromatic nitrogens is 2. The third kappa shape index (κ3) is 3.06. The largest absolute Gasteiger partial charge is 0.348 e. The molecule has 0 aromatic carbocycles. The predicted molar refractivity (Wildman–Crippen MR) is 63.2 cm³/mol. The average molecular weight is 224 g/mol. The molecule has 90 valence electrons. The number of rotatable bonds is 5. The molecule has 1 unspecified atom stereocenters. The van der Waals surface area contributed by atoms with Crippen molar-refractivity contribution in [2.45, 2.75) is 32.7 Å². The Morgan fingerprint density at radius 1 is 1.69 bits per heavy atom. The van der Waals surface area contributed by atoms with Crippen molar-refractivity contribution in [3.63, 3.8) is 0 Å². The first-order valence-electron chi connectivity index (χ1n) is 5.60. The highest BCUT2D eigenvalue weighted by molar-refractivity contribution is 5.92. The van der Waals surface area contributed by atoms with E-state index in [0.29, 0.717) is 12.2 Å². The van der Waals surface area contributed by atoms with Gasteiger partial charge in [0.1, 0.15) is 5.69 Å². The fourth-order valence-corrected chi connectivity index (χ4v) is 1.66.